The van der Waals surface area contributed by atoms with Crippen LogP contribution >= 0.6 is 0 Å². The summed E-state index contributed by atoms with van der Waals surface area (Å²) in [5, 5.41) is 2.36. The Balaban J connectivity index is 2.34. The van der Waals surface area contributed by atoms with Gasteiger partial charge in [0.2, 0.25) is 0 Å². The van der Waals surface area contributed by atoms with Crippen LogP contribution in [-0.4, -0.2) is 30.2 Å². The van der Waals surface area contributed by atoms with Gasteiger partial charge in [-0.15, -0.1) is 0 Å². The average Bonchev–Trinajstić information content (AvgIpc) is 2.04. The van der Waals surface area contributed by atoms with Gasteiger partial charge in [0.15, 0.2) is 0 Å². The van der Waals surface area contributed by atoms with Gasteiger partial charge in [-0.1, -0.05) is 6.42 Å². The number of hydrogen-bond acceptors (Lipinski definition) is 3. The summed E-state index contributed by atoms with van der Waals surface area (Å²) in [7, 11) is 0. The maximum Gasteiger partial charge on any atom is 0.0225 e. The minimum atomic E-state index is 0.667. The van der Waals surface area contributed by atoms with Crippen molar-refractivity contribution >= 4 is 0 Å². The van der Waals surface area contributed by atoms with Crippen LogP contribution in [-0.2, 0) is 0 Å². The summed E-state index contributed by atoms with van der Waals surface area (Å²) in [6, 6.07) is 1.33. The highest BCUT2D eigenvalue weighted by Crippen LogP contribution is 2.19. The number of nitrogens with one attached hydrogen (secondary N) is 1. The molecule has 0 aromatic rings. The molecule has 1 aliphatic rings. The molecule has 1 rings (SSSR count). The molecule has 0 bridgehead atoms. The lowest BCUT2D eigenvalue weighted by molar-refractivity contribution is 0.0479. The van der Waals surface area contributed by atoms with Gasteiger partial charge in [0.05, 0.1) is 0 Å². The van der Waals surface area contributed by atoms with Crippen LogP contribution in [0.3, 0.4) is 0 Å². The van der Waals surface area contributed by atoms with E-state index in [1.807, 2.05) is 0 Å². The first-order valence-electron chi connectivity index (χ1n) is 4.97. The molecule has 0 radical (unpaired) electrons. The third-order valence-electron chi connectivity index (χ3n) is 2.63. The van der Waals surface area contributed by atoms with Crippen LogP contribution in [0.5, 0.6) is 0 Å². The van der Waals surface area contributed by atoms with Crippen molar-refractivity contribution in [3.05, 3.63) is 0 Å². The fraction of sp³-hybridized carbons (Fsp3) is 1.00. The average molecular weight is 171 g/mol. The van der Waals surface area contributed by atoms with Crippen molar-refractivity contribution in [2.24, 2.45) is 5.73 Å². The van der Waals surface area contributed by atoms with Gasteiger partial charge in [-0.05, 0) is 26.7 Å². The summed E-state index contributed by atoms with van der Waals surface area (Å²) >= 11 is 0. The van der Waals surface area contributed by atoms with Gasteiger partial charge in [0.25, 0.3) is 0 Å². The van der Waals surface area contributed by atoms with Crippen molar-refractivity contribution in [1.29, 1.82) is 0 Å². The van der Waals surface area contributed by atoms with E-state index < -0.39 is 0 Å². The van der Waals surface area contributed by atoms with E-state index in [4.69, 9.17) is 5.73 Å². The molecule has 12 heavy (non-hydrogen) atoms. The molecule has 3 heteroatoms. The second-order valence-corrected chi connectivity index (χ2v) is 3.73. The minimum absolute atomic E-state index is 0.667. The third-order valence-corrected chi connectivity index (χ3v) is 2.63. The Morgan fingerprint density at radius 2 is 1.92 bits per heavy atom. The second-order valence-electron chi connectivity index (χ2n) is 3.73. The van der Waals surface area contributed by atoms with Gasteiger partial charge in [-0.25, -0.2) is 5.01 Å². The van der Waals surface area contributed by atoms with Crippen LogP contribution in [0.15, 0.2) is 0 Å². The summed E-state index contributed by atoms with van der Waals surface area (Å²) in [5.41, 5.74) is 8.83. The van der Waals surface area contributed by atoms with Gasteiger partial charge in [-0.2, -0.15) is 0 Å². The van der Waals surface area contributed by atoms with E-state index in [-0.39, 0.29) is 0 Å². The van der Waals surface area contributed by atoms with Gasteiger partial charge in [0.1, 0.15) is 0 Å². The van der Waals surface area contributed by atoms with Gasteiger partial charge in [0, 0.05) is 25.2 Å². The Hall–Kier alpha value is -0.120. The molecule has 0 aromatic heterocycles. The maximum atomic E-state index is 5.45. The molecular weight excluding hydrogens is 150 g/mol. The molecule has 1 fully saturated rings. The van der Waals surface area contributed by atoms with Crippen LogP contribution in [0, 0.1) is 0 Å². The summed E-state index contributed by atoms with van der Waals surface area (Å²) in [4.78, 5) is 0. The van der Waals surface area contributed by atoms with Crippen molar-refractivity contribution in [2.75, 3.05) is 13.1 Å². The lowest BCUT2D eigenvalue weighted by Crippen LogP contribution is -2.53. The van der Waals surface area contributed by atoms with Gasteiger partial charge >= 0.3 is 0 Å². The van der Waals surface area contributed by atoms with E-state index >= 15 is 0 Å². The SMILES string of the molecule is CC1CCCC(C)N1NCCN. The molecule has 1 aliphatic heterocycles. The summed E-state index contributed by atoms with van der Waals surface area (Å²) < 4.78 is 0. The largest absolute Gasteiger partial charge is 0.329 e. The van der Waals surface area contributed by atoms with Gasteiger partial charge in [-0.3, -0.25) is 5.43 Å². The number of rotatable bonds is 3. The first-order chi connectivity index (χ1) is 5.75. The Morgan fingerprint density at radius 3 is 2.42 bits per heavy atom. The number of piperidine rings is 1. The highest BCUT2D eigenvalue weighted by atomic mass is 15.5. The van der Waals surface area contributed by atoms with Gasteiger partial charge < -0.3 is 5.73 Å². The fourth-order valence-electron chi connectivity index (χ4n) is 1.93. The molecule has 0 aliphatic carbocycles. The Bertz CT molecular complexity index is 117. The number of hydrogen-bond donors (Lipinski definition) is 2. The Kier molecular flexibility index (Phi) is 3.98. The monoisotopic (exact) mass is 171 g/mol. The summed E-state index contributed by atoms with van der Waals surface area (Å²) in [6.07, 6.45) is 3.98. The molecule has 2 atom stereocenters. The molecule has 72 valence electrons. The van der Waals surface area contributed by atoms with E-state index in [2.05, 4.69) is 24.3 Å². The predicted molar refractivity (Wildman–Crippen MR) is 51.7 cm³/mol. The van der Waals surface area contributed by atoms with Crippen molar-refractivity contribution in [2.45, 2.75) is 45.2 Å². The molecule has 0 spiro atoms. The summed E-state index contributed by atoms with van der Waals surface area (Å²) in [6.45, 7) is 6.17. The maximum absolute atomic E-state index is 5.45. The quantitative estimate of drug-likeness (QED) is 0.657. The Morgan fingerprint density at radius 1 is 1.33 bits per heavy atom. The Labute approximate surface area is 75.3 Å². The zero-order valence-corrected chi connectivity index (χ0v) is 8.21. The summed E-state index contributed by atoms with van der Waals surface area (Å²) in [5.74, 6) is 0. The van der Waals surface area contributed by atoms with Crippen LogP contribution < -0.4 is 11.2 Å². The molecule has 0 saturated carbocycles. The van der Waals surface area contributed by atoms with E-state index in [0.29, 0.717) is 12.1 Å². The van der Waals surface area contributed by atoms with E-state index in [9.17, 15) is 0 Å². The lowest BCUT2D eigenvalue weighted by Gasteiger charge is -2.39. The van der Waals surface area contributed by atoms with Crippen LogP contribution in [0.25, 0.3) is 0 Å². The van der Waals surface area contributed by atoms with Crippen LogP contribution in [0.1, 0.15) is 33.1 Å². The lowest BCUT2D eigenvalue weighted by atomic mass is 10.00. The standard InChI is InChI=1S/C9H21N3/c1-8-4-3-5-9(2)12(8)11-7-6-10/h8-9,11H,3-7,10H2,1-2H3. The molecule has 3 N–H and O–H groups in total. The first kappa shape index (κ1) is 9.96. The molecule has 1 saturated heterocycles. The second kappa shape index (κ2) is 4.80. The van der Waals surface area contributed by atoms with Crippen molar-refractivity contribution in [1.82, 2.24) is 10.4 Å². The smallest absolute Gasteiger partial charge is 0.0225 e. The normalized spacial score (nSPS) is 32.2. The van der Waals surface area contributed by atoms with Crippen molar-refractivity contribution in [3.8, 4) is 0 Å². The number of hydrazine groups is 1. The van der Waals surface area contributed by atoms with E-state index in [1.165, 1.54) is 19.3 Å². The third kappa shape index (κ3) is 2.44. The van der Waals surface area contributed by atoms with Crippen molar-refractivity contribution in [3.63, 3.8) is 0 Å². The minimum Gasteiger partial charge on any atom is -0.329 e. The molecule has 3 nitrogen and oxygen atoms in total. The first-order valence-corrected chi connectivity index (χ1v) is 4.97. The number of nitrogens with two attached hydrogens (primary N) is 1. The van der Waals surface area contributed by atoms with Crippen molar-refractivity contribution < 1.29 is 0 Å². The highest BCUT2D eigenvalue weighted by molar-refractivity contribution is 4.76. The number of nitrogens with zero attached hydrogens (tertiary/aromatic N) is 1. The van der Waals surface area contributed by atoms with E-state index in [1.54, 1.807) is 0 Å². The molecular formula is C9H21N3. The molecule has 2 unspecified atom stereocenters. The molecule has 1 heterocycles. The fourth-order valence-corrected chi connectivity index (χ4v) is 1.93. The molecule has 0 amide bonds. The molecule has 0 aromatic carbocycles. The zero-order chi connectivity index (χ0) is 8.97. The van der Waals surface area contributed by atoms with Crippen LogP contribution in [0.2, 0.25) is 0 Å². The topological polar surface area (TPSA) is 41.3 Å². The highest BCUT2D eigenvalue weighted by Gasteiger charge is 2.23. The predicted octanol–water partition coefficient (Wildman–Crippen LogP) is 0.713. The zero-order valence-electron chi connectivity index (χ0n) is 8.21. The van der Waals surface area contributed by atoms with E-state index in [0.717, 1.165) is 13.1 Å². The van der Waals surface area contributed by atoms with Crippen LogP contribution in [0.4, 0.5) is 0 Å².